The Balaban J connectivity index is 1.37. The summed E-state index contributed by atoms with van der Waals surface area (Å²) in [6.07, 6.45) is 5.44. The van der Waals surface area contributed by atoms with Crippen LogP contribution in [0.2, 0.25) is 0 Å². The summed E-state index contributed by atoms with van der Waals surface area (Å²) in [5.74, 6) is 0.112. The van der Waals surface area contributed by atoms with Crippen LogP contribution in [-0.2, 0) is 11.8 Å². The van der Waals surface area contributed by atoms with Crippen molar-refractivity contribution in [2.75, 3.05) is 5.32 Å². The molecule has 4 aliphatic rings. The van der Waals surface area contributed by atoms with Gasteiger partial charge in [-0.15, -0.1) is 0 Å². The van der Waals surface area contributed by atoms with Crippen molar-refractivity contribution in [1.29, 1.82) is 0 Å². The maximum atomic E-state index is 13.6. The molecule has 4 saturated carbocycles. The molecule has 2 aromatic rings. The number of aromatic nitrogens is 1. The van der Waals surface area contributed by atoms with Crippen molar-refractivity contribution in [3.63, 3.8) is 0 Å². The lowest BCUT2D eigenvalue weighted by Crippen LogP contribution is -2.52. The first kappa shape index (κ1) is 21.9. The highest BCUT2D eigenvalue weighted by Crippen LogP contribution is 2.59. The zero-order valence-electron chi connectivity index (χ0n) is 19.5. The van der Waals surface area contributed by atoms with Crippen molar-refractivity contribution >= 4 is 23.3 Å². The van der Waals surface area contributed by atoms with Crippen LogP contribution in [0.5, 0.6) is 0 Å². The number of hydrogen-bond acceptors (Lipinski definition) is 3. The summed E-state index contributed by atoms with van der Waals surface area (Å²) >= 11 is 0. The molecule has 2 unspecified atom stereocenters. The summed E-state index contributed by atoms with van der Waals surface area (Å²) in [6.45, 7) is 5.07. The van der Waals surface area contributed by atoms with Crippen molar-refractivity contribution in [2.24, 2.45) is 24.8 Å². The predicted molar refractivity (Wildman–Crippen MR) is 123 cm³/mol. The standard InChI is InChI=1S/C26H30FN3O3/c1-13-7-19(5-6-20(13)27)28-24(32)21-14(2)22(30(4)15(21)3)23(31)25(33)29-26-10-16-8-17(11-26)18(9-16)12-26/h5-7,16-18H,8-12H2,1-4H3,(H,28,32)(H,29,33). The predicted octanol–water partition coefficient (Wildman–Crippen LogP) is 4.22. The van der Waals surface area contributed by atoms with Gasteiger partial charge in [0.1, 0.15) is 5.82 Å². The number of carbonyl (C=O) groups excluding carboxylic acids is 3. The van der Waals surface area contributed by atoms with Gasteiger partial charge in [-0.1, -0.05) is 0 Å². The van der Waals surface area contributed by atoms with E-state index in [4.69, 9.17) is 0 Å². The lowest BCUT2D eigenvalue weighted by molar-refractivity contribution is -0.119. The molecule has 33 heavy (non-hydrogen) atoms. The van der Waals surface area contributed by atoms with Crippen molar-refractivity contribution in [3.05, 3.63) is 52.1 Å². The fraction of sp³-hybridized carbons (Fsp3) is 0.500. The van der Waals surface area contributed by atoms with Crippen molar-refractivity contribution in [2.45, 2.75) is 58.4 Å². The topological polar surface area (TPSA) is 80.2 Å². The number of aryl methyl sites for hydroxylation is 1. The van der Waals surface area contributed by atoms with E-state index in [1.807, 2.05) is 0 Å². The average Bonchev–Trinajstić information content (AvgIpc) is 3.25. The molecule has 0 aliphatic heterocycles. The fourth-order valence-corrected chi connectivity index (χ4v) is 6.92. The number of anilines is 1. The summed E-state index contributed by atoms with van der Waals surface area (Å²) < 4.78 is 15.2. The number of amides is 2. The molecule has 0 radical (unpaired) electrons. The number of nitrogens with one attached hydrogen (secondary N) is 2. The molecule has 2 amide bonds. The van der Waals surface area contributed by atoms with E-state index in [2.05, 4.69) is 10.6 Å². The molecular formula is C26H30FN3O3. The molecule has 1 aromatic carbocycles. The van der Waals surface area contributed by atoms with Crippen molar-refractivity contribution in [3.8, 4) is 0 Å². The van der Waals surface area contributed by atoms with Gasteiger partial charge >= 0.3 is 0 Å². The van der Waals surface area contributed by atoms with Crippen LogP contribution < -0.4 is 10.6 Å². The van der Waals surface area contributed by atoms with Crippen molar-refractivity contribution in [1.82, 2.24) is 9.88 Å². The first-order valence-corrected chi connectivity index (χ1v) is 11.7. The molecule has 0 spiro atoms. The van der Waals surface area contributed by atoms with Crippen LogP contribution in [0.1, 0.15) is 69.8 Å². The summed E-state index contributed by atoms with van der Waals surface area (Å²) in [6, 6.07) is 4.36. The van der Waals surface area contributed by atoms with E-state index < -0.39 is 17.6 Å². The lowest BCUT2D eigenvalue weighted by Gasteiger charge is -2.38. The average molecular weight is 452 g/mol. The van der Waals surface area contributed by atoms with Gasteiger partial charge in [-0.25, -0.2) is 4.39 Å². The second kappa shape index (κ2) is 7.54. The highest BCUT2D eigenvalue weighted by atomic mass is 19.1. The monoisotopic (exact) mass is 451 g/mol. The van der Waals surface area contributed by atoms with Crippen molar-refractivity contribution < 1.29 is 18.8 Å². The van der Waals surface area contributed by atoms with Gasteiger partial charge < -0.3 is 15.2 Å². The van der Waals surface area contributed by atoms with Crippen LogP contribution in [0.4, 0.5) is 10.1 Å². The Morgan fingerprint density at radius 1 is 1.06 bits per heavy atom. The summed E-state index contributed by atoms with van der Waals surface area (Å²) in [5.41, 5.74) is 2.32. The molecule has 6 rings (SSSR count). The Kier molecular flexibility index (Phi) is 4.99. The molecule has 0 saturated heterocycles. The van der Waals surface area contributed by atoms with Crippen LogP contribution in [0.15, 0.2) is 18.2 Å². The molecule has 4 fully saturated rings. The SMILES string of the molecule is Cc1cc(NC(=O)c2c(C)c(C(=O)C(=O)NC34CC5CC(C3)C(C5)C4)n(C)c2C)ccc1F. The van der Waals surface area contributed by atoms with E-state index in [9.17, 15) is 18.8 Å². The molecule has 7 heteroatoms. The van der Waals surface area contributed by atoms with Gasteiger partial charge in [0.25, 0.3) is 17.6 Å². The van der Waals surface area contributed by atoms with Gasteiger partial charge in [-0.3, -0.25) is 14.4 Å². The number of nitrogens with zero attached hydrogens (tertiary/aromatic N) is 1. The fourth-order valence-electron chi connectivity index (χ4n) is 6.92. The van der Waals surface area contributed by atoms with Crippen LogP contribution >= 0.6 is 0 Å². The van der Waals surface area contributed by atoms with Gasteiger partial charge in [0, 0.05) is 24.0 Å². The Morgan fingerprint density at radius 2 is 1.73 bits per heavy atom. The first-order chi connectivity index (χ1) is 15.6. The summed E-state index contributed by atoms with van der Waals surface area (Å²) in [7, 11) is 1.70. The number of hydrogen-bond donors (Lipinski definition) is 2. The number of ketones is 1. The largest absolute Gasteiger partial charge is 0.344 e. The zero-order valence-corrected chi connectivity index (χ0v) is 19.5. The summed E-state index contributed by atoms with van der Waals surface area (Å²) in [4.78, 5) is 39.3. The first-order valence-electron chi connectivity index (χ1n) is 11.7. The molecule has 1 aromatic heterocycles. The number of carbonyl (C=O) groups is 3. The molecule has 1 heterocycles. The Hall–Kier alpha value is -2.96. The molecule has 174 valence electrons. The van der Waals surface area contributed by atoms with Gasteiger partial charge in [0.05, 0.1) is 11.3 Å². The molecule has 6 nitrogen and oxygen atoms in total. The third-order valence-corrected chi connectivity index (χ3v) is 8.30. The van der Waals surface area contributed by atoms with E-state index in [1.165, 1.54) is 25.0 Å². The maximum absolute atomic E-state index is 13.6. The van der Waals surface area contributed by atoms with Gasteiger partial charge in [0.2, 0.25) is 0 Å². The van der Waals surface area contributed by atoms with Gasteiger partial charge in [-0.05, 0) is 100.0 Å². The minimum Gasteiger partial charge on any atom is -0.344 e. The number of benzene rings is 1. The second-order valence-corrected chi connectivity index (χ2v) is 10.4. The van der Waals surface area contributed by atoms with Gasteiger partial charge in [0.15, 0.2) is 0 Å². The van der Waals surface area contributed by atoms with E-state index >= 15 is 0 Å². The second-order valence-electron chi connectivity index (χ2n) is 10.4. The highest BCUT2D eigenvalue weighted by molar-refractivity contribution is 6.43. The smallest absolute Gasteiger partial charge is 0.294 e. The molecular weight excluding hydrogens is 421 g/mol. The minimum absolute atomic E-state index is 0.234. The van der Waals surface area contributed by atoms with E-state index in [1.54, 1.807) is 38.5 Å². The maximum Gasteiger partial charge on any atom is 0.294 e. The zero-order chi connectivity index (χ0) is 23.7. The quantitative estimate of drug-likeness (QED) is 0.528. The Labute approximate surface area is 192 Å². The lowest BCUT2D eigenvalue weighted by atomic mass is 9.76. The Morgan fingerprint density at radius 3 is 2.33 bits per heavy atom. The number of halogens is 1. The minimum atomic E-state index is -0.605. The van der Waals surface area contributed by atoms with Crippen LogP contribution in [0, 0.1) is 44.3 Å². The summed E-state index contributed by atoms with van der Waals surface area (Å²) in [5, 5.41) is 5.89. The Bertz CT molecular complexity index is 1180. The van der Waals surface area contributed by atoms with E-state index in [0.717, 1.165) is 19.3 Å². The van der Waals surface area contributed by atoms with Crippen LogP contribution in [0.3, 0.4) is 0 Å². The normalized spacial score (nSPS) is 27.1. The molecule has 4 bridgehead atoms. The van der Waals surface area contributed by atoms with Crippen LogP contribution in [-0.4, -0.2) is 27.7 Å². The third kappa shape index (κ3) is 3.49. The third-order valence-electron chi connectivity index (χ3n) is 8.30. The van der Waals surface area contributed by atoms with Gasteiger partial charge in [-0.2, -0.15) is 0 Å². The molecule has 2 N–H and O–H groups in total. The number of Topliss-reactive ketones (excluding diaryl/α,β-unsaturated/α-hetero) is 1. The molecule has 4 aliphatic carbocycles. The van der Waals surface area contributed by atoms with Crippen LogP contribution in [0.25, 0.3) is 0 Å². The number of rotatable bonds is 5. The van der Waals surface area contributed by atoms with E-state index in [-0.39, 0.29) is 17.1 Å². The van der Waals surface area contributed by atoms with E-state index in [0.29, 0.717) is 45.8 Å². The molecule has 2 atom stereocenters. The highest BCUT2D eigenvalue weighted by Gasteiger charge is 2.56.